The summed E-state index contributed by atoms with van der Waals surface area (Å²) in [5.41, 5.74) is 0.691. The van der Waals surface area contributed by atoms with Crippen LogP contribution in [0.4, 0.5) is 9.93 Å². The fourth-order valence-electron chi connectivity index (χ4n) is 1.91. The number of ether oxygens (including phenoxy) is 2. The Kier molecular flexibility index (Phi) is 4.38. The maximum absolute atomic E-state index is 12.0. The molecule has 3 rings (SSSR count). The quantitative estimate of drug-likeness (QED) is 0.772. The zero-order chi connectivity index (χ0) is 17.1. The highest BCUT2D eigenvalue weighted by Gasteiger charge is 2.16. The summed E-state index contributed by atoms with van der Waals surface area (Å²) in [6.07, 6.45) is 4.48. The number of aromatic nitrogens is 5. The molecule has 9 nitrogen and oxygen atoms in total. The van der Waals surface area contributed by atoms with Crippen LogP contribution in [0, 0.1) is 6.92 Å². The van der Waals surface area contributed by atoms with E-state index in [1.807, 2.05) is 6.92 Å². The van der Waals surface area contributed by atoms with Crippen molar-refractivity contribution in [1.29, 1.82) is 0 Å². The minimum Gasteiger partial charge on any atom is -0.481 e. The number of methoxy groups -OCH3 is 2. The fourth-order valence-corrected chi connectivity index (χ4v) is 2.80. The average Bonchev–Trinajstić information content (AvgIpc) is 3.24. The molecule has 0 radical (unpaired) electrons. The summed E-state index contributed by atoms with van der Waals surface area (Å²) in [5, 5.41) is 3.14. The predicted molar refractivity (Wildman–Crippen MR) is 87.6 cm³/mol. The SMILES string of the molecule is COc1cc(OC)nc(-c2sc(NC(=O)n3ccnc3)nc2C)n1. The molecule has 0 atom stereocenters. The van der Waals surface area contributed by atoms with Crippen LogP contribution in [0.2, 0.25) is 0 Å². The van der Waals surface area contributed by atoms with Gasteiger partial charge in [0.25, 0.3) is 0 Å². The van der Waals surface area contributed by atoms with Gasteiger partial charge in [-0.2, -0.15) is 9.97 Å². The number of carbonyl (C=O) groups is 1. The van der Waals surface area contributed by atoms with Crippen molar-refractivity contribution in [3.63, 3.8) is 0 Å². The normalized spacial score (nSPS) is 10.5. The van der Waals surface area contributed by atoms with Gasteiger partial charge in [-0.1, -0.05) is 11.3 Å². The first-order chi connectivity index (χ1) is 11.6. The maximum Gasteiger partial charge on any atom is 0.333 e. The Hall–Kier alpha value is -3.01. The van der Waals surface area contributed by atoms with Crippen molar-refractivity contribution in [2.24, 2.45) is 0 Å². The molecular formula is C14H14N6O3S. The molecular weight excluding hydrogens is 332 g/mol. The van der Waals surface area contributed by atoms with Gasteiger partial charge in [0.2, 0.25) is 11.8 Å². The zero-order valence-electron chi connectivity index (χ0n) is 13.2. The van der Waals surface area contributed by atoms with Crippen LogP contribution in [0.1, 0.15) is 5.69 Å². The Morgan fingerprint density at radius 2 is 1.92 bits per heavy atom. The van der Waals surface area contributed by atoms with Gasteiger partial charge < -0.3 is 9.47 Å². The number of carbonyl (C=O) groups excluding carboxylic acids is 1. The molecule has 0 bridgehead atoms. The number of anilines is 1. The van der Waals surface area contributed by atoms with Crippen molar-refractivity contribution in [2.45, 2.75) is 6.92 Å². The van der Waals surface area contributed by atoms with Gasteiger partial charge in [-0.3, -0.25) is 9.88 Å². The van der Waals surface area contributed by atoms with Crippen molar-refractivity contribution in [1.82, 2.24) is 24.5 Å². The van der Waals surface area contributed by atoms with Crippen molar-refractivity contribution >= 4 is 22.5 Å². The lowest BCUT2D eigenvalue weighted by molar-refractivity contribution is 0.253. The lowest BCUT2D eigenvalue weighted by Gasteiger charge is -2.05. The Morgan fingerprint density at radius 3 is 2.50 bits per heavy atom. The van der Waals surface area contributed by atoms with Crippen molar-refractivity contribution in [3.8, 4) is 22.5 Å². The summed E-state index contributed by atoms with van der Waals surface area (Å²) in [7, 11) is 3.03. The lowest BCUT2D eigenvalue weighted by Crippen LogP contribution is -2.17. The smallest absolute Gasteiger partial charge is 0.333 e. The molecule has 3 heterocycles. The van der Waals surface area contributed by atoms with E-state index in [4.69, 9.17) is 9.47 Å². The van der Waals surface area contributed by atoms with E-state index in [0.717, 1.165) is 0 Å². The van der Waals surface area contributed by atoms with Crippen LogP contribution in [0.25, 0.3) is 10.7 Å². The van der Waals surface area contributed by atoms with Gasteiger partial charge in [-0.15, -0.1) is 0 Å². The van der Waals surface area contributed by atoms with Gasteiger partial charge >= 0.3 is 6.03 Å². The Morgan fingerprint density at radius 1 is 1.21 bits per heavy atom. The second kappa shape index (κ2) is 6.62. The van der Waals surface area contributed by atoms with Crippen LogP contribution in [0.3, 0.4) is 0 Å². The molecule has 0 spiro atoms. The zero-order valence-corrected chi connectivity index (χ0v) is 14.0. The predicted octanol–water partition coefficient (Wildman–Crippen LogP) is 2.20. The van der Waals surface area contributed by atoms with Crippen LogP contribution >= 0.6 is 11.3 Å². The molecule has 1 N–H and O–H groups in total. The molecule has 24 heavy (non-hydrogen) atoms. The van der Waals surface area contributed by atoms with E-state index >= 15 is 0 Å². The first-order valence-electron chi connectivity index (χ1n) is 6.85. The molecule has 0 aliphatic heterocycles. The van der Waals surface area contributed by atoms with E-state index in [2.05, 4.69) is 25.3 Å². The monoisotopic (exact) mass is 346 g/mol. The lowest BCUT2D eigenvalue weighted by atomic mass is 10.3. The minimum atomic E-state index is -0.350. The standard InChI is InChI=1S/C14H14N6O3S/c1-8-11(12-17-9(22-2)6-10(18-12)23-3)24-13(16-8)19-14(21)20-5-4-15-7-20/h4-7H,1-3H3,(H,16,19,21). The van der Waals surface area contributed by atoms with E-state index in [9.17, 15) is 4.79 Å². The Bertz CT molecular complexity index is 839. The summed E-state index contributed by atoms with van der Waals surface area (Å²) < 4.78 is 11.6. The molecule has 10 heteroatoms. The van der Waals surface area contributed by atoms with Gasteiger partial charge in [-0.25, -0.2) is 14.8 Å². The number of rotatable bonds is 4. The summed E-state index contributed by atoms with van der Waals surface area (Å²) in [6, 6.07) is 1.23. The van der Waals surface area contributed by atoms with Gasteiger partial charge in [0, 0.05) is 12.4 Å². The first kappa shape index (κ1) is 15.9. The topological polar surface area (TPSA) is 104 Å². The first-order valence-corrected chi connectivity index (χ1v) is 7.66. The molecule has 0 aliphatic carbocycles. The van der Waals surface area contributed by atoms with Crippen molar-refractivity contribution in [3.05, 3.63) is 30.5 Å². The van der Waals surface area contributed by atoms with E-state index < -0.39 is 0 Å². The maximum atomic E-state index is 12.0. The highest BCUT2D eigenvalue weighted by atomic mass is 32.1. The number of nitrogens with one attached hydrogen (secondary N) is 1. The van der Waals surface area contributed by atoms with Crippen LogP contribution in [0.5, 0.6) is 11.8 Å². The second-order valence-electron chi connectivity index (χ2n) is 4.61. The van der Waals surface area contributed by atoms with Gasteiger partial charge in [0.15, 0.2) is 11.0 Å². The molecule has 0 aromatic carbocycles. The molecule has 0 saturated carbocycles. The molecule has 124 valence electrons. The van der Waals surface area contributed by atoms with E-state index in [0.29, 0.717) is 33.3 Å². The molecule has 0 saturated heterocycles. The third-order valence-corrected chi connectivity index (χ3v) is 4.12. The minimum absolute atomic E-state index is 0.350. The van der Waals surface area contributed by atoms with Crippen LogP contribution in [-0.4, -0.2) is 44.8 Å². The highest BCUT2D eigenvalue weighted by molar-refractivity contribution is 7.19. The molecule has 1 amide bonds. The summed E-state index contributed by atoms with van der Waals surface area (Å²) >= 11 is 1.26. The summed E-state index contributed by atoms with van der Waals surface area (Å²) in [5.74, 6) is 1.19. The molecule has 3 aromatic rings. The van der Waals surface area contributed by atoms with Gasteiger partial charge in [0.1, 0.15) is 6.33 Å². The number of imidazole rings is 1. The number of thiazole rings is 1. The molecule has 0 aliphatic rings. The van der Waals surface area contributed by atoms with Crippen molar-refractivity contribution in [2.75, 3.05) is 19.5 Å². The Labute approximate surface area is 141 Å². The second-order valence-corrected chi connectivity index (χ2v) is 5.61. The molecule has 3 aromatic heterocycles. The number of aryl methyl sites for hydroxylation is 1. The number of hydrogen-bond acceptors (Lipinski definition) is 8. The van der Waals surface area contributed by atoms with Crippen LogP contribution in [0.15, 0.2) is 24.8 Å². The summed E-state index contributed by atoms with van der Waals surface area (Å²) in [6.45, 7) is 1.81. The highest BCUT2D eigenvalue weighted by Crippen LogP contribution is 2.32. The summed E-state index contributed by atoms with van der Waals surface area (Å²) in [4.78, 5) is 29.5. The largest absolute Gasteiger partial charge is 0.481 e. The average molecular weight is 346 g/mol. The number of hydrogen-bond donors (Lipinski definition) is 1. The third kappa shape index (κ3) is 3.18. The van der Waals surface area contributed by atoms with Crippen LogP contribution in [-0.2, 0) is 0 Å². The number of amides is 1. The van der Waals surface area contributed by atoms with Crippen molar-refractivity contribution < 1.29 is 14.3 Å². The van der Waals surface area contributed by atoms with E-state index in [-0.39, 0.29) is 6.03 Å². The van der Waals surface area contributed by atoms with E-state index in [1.165, 1.54) is 42.6 Å². The third-order valence-electron chi connectivity index (χ3n) is 3.05. The fraction of sp³-hybridized carbons (Fsp3) is 0.214. The Balaban J connectivity index is 1.90. The molecule has 0 unspecified atom stereocenters. The number of nitrogens with zero attached hydrogens (tertiary/aromatic N) is 5. The van der Waals surface area contributed by atoms with Gasteiger partial charge in [-0.05, 0) is 6.92 Å². The van der Waals surface area contributed by atoms with E-state index in [1.54, 1.807) is 12.3 Å². The molecule has 0 fully saturated rings. The van der Waals surface area contributed by atoms with Gasteiger partial charge in [0.05, 0.1) is 30.9 Å². The van der Waals surface area contributed by atoms with Crippen LogP contribution < -0.4 is 14.8 Å².